The molecule has 0 fully saturated rings. The Hall–Kier alpha value is -2.37. The highest BCUT2D eigenvalue weighted by atomic mass is 16.6. The van der Waals surface area contributed by atoms with Crippen LogP contribution < -0.4 is 0 Å². The van der Waals surface area contributed by atoms with Crippen molar-refractivity contribution < 1.29 is 28.6 Å². The van der Waals surface area contributed by atoms with E-state index in [2.05, 4.69) is 57.2 Å². The van der Waals surface area contributed by atoms with Gasteiger partial charge in [0.15, 0.2) is 6.10 Å². The van der Waals surface area contributed by atoms with Gasteiger partial charge >= 0.3 is 17.9 Å². The van der Waals surface area contributed by atoms with Crippen molar-refractivity contribution in [2.45, 2.75) is 213 Å². The maximum Gasteiger partial charge on any atom is 0.306 e. The zero-order valence-electron chi connectivity index (χ0n) is 32.9. The van der Waals surface area contributed by atoms with Crippen LogP contribution in [-0.4, -0.2) is 37.2 Å². The molecule has 0 aliphatic rings. The summed E-state index contributed by atoms with van der Waals surface area (Å²) in [5.41, 5.74) is 0. The molecule has 0 rings (SSSR count). The summed E-state index contributed by atoms with van der Waals surface area (Å²) in [6.07, 6.45) is 42.8. The van der Waals surface area contributed by atoms with Gasteiger partial charge in [-0.05, 0) is 57.8 Å². The van der Waals surface area contributed by atoms with Crippen molar-refractivity contribution in [3.8, 4) is 0 Å². The molecular weight excluding hydrogens is 624 g/mol. The van der Waals surface area contributed by atoms with Crippen LogP contribution in [0.3, 0.4) is 0 Å². The van der Waals surface area contributed by atoms with Crippen LogP contribution in [0.1, 0.15) is 207 Å². The van der Waals surface area contributed by atoms with Crippen molar-refractivity contribution in [1.82, 2.24) is 0 Å². The standard InChI is InChI=1S/C44H78O6/c1-4-7-10-13-16-19-21-23-25-28-31-34-37-43(46)49-40-41(39-48-42(45)36-33-30-27-24-18-15-12-9-6-3)50-44(47)38-35-32-29-26-22-20-17-14-11-8-5-2/h14,17,20,22,24,27,41H,4-13,15-16,18-19,21,23,25-26,28-40H2,1-3H3/b17-14-,22-20-,27-24-. The lowest BCUT2D eigenvalue weighted by molar-refractivity contribution is -0.167. The second-order valence-corrected chi connectivity index (χ2v) is 13.9. The van der Waals surface area contributed by atoms with Crippen molar-refractivity contribution in [1.29, 1.82) is 0 Å². The molecule has 0 heterocycles. The monoisotopic (exact) mass is 703 g/mol. The van der Waals surface area contributed by atoms with Crippen LogP contribution in [0.4, 0.5) is 0 Å². The van der Waals surface area contributed by atoms with E-state index in [4.69, 9.17) is 14.2 Å². The highest BCUT2D eigenvalue weighted by molar-refractivity contribution is 5.71. The lowest BCUT2D eigenvalue weighted by Gasteiger charge is -2.18. The van der Waals surface area contributed by atoms with Gasteiger partial charge in [0.25, 0.3) is 0 Å². The summed E-state index contributed by atoms with van der Waals surface area (Å²) in [6, 6.07) is 0. The van der Waals surface area contributed by atoms with E-state index < -0.39 is 6.10 Å². The Balaban J connectivity index is 4.43. The van der Waals surface area contributed by atoms with Crippen molar-refractivity contribution in [2.75, 3.05) is 13.2 Å². The molecule has 0 aromatic carbocycles. The third-order valence-corrected chi connectivity index (χ3v) is 8.90. The van der Waals surface area contributed by atoms with Crippen LogP contribution in [-0.2, 0) is 28.6 Å². The molecule has 0 N–H and O–H groups in total. The quantitative estimate of drug-likeness (QED) is 0.0211. The fourth-order valence-corrected chi connectivity index (χ4v) is 5.66. The molecule has 6 nitrogen and oxygen atoms in total. The predicted molar refractivity (Wildman–Crippen MR) is 210 cm³/mol. The number of hydrogen-bond acceptors (Lipinski definition) is 6. The number of carbonyl (C=O) groups excluding carboxylic acids is 3. The van der Waals surface area contributed by atoms with Gasteiger partial charge in [-0.1, -0.05) is 166 Å². The van der Waals surface area contributed by atoms with E-state index in [9.17, 15) is 14.4 Å². The predicted octanol–water partition coefficient (Wildman–Crippen LogP) is 13.0. The van der Waals surface area contributed by atoms with E-state index in [1.165, 1.54) is 96.3 Å². The second-order valence-electron chi connectivity index (χ2n) is 13.9. The van der Waals surface area contributed by atoms with Crippen LogP contribution in [0, 0.1) is 0 Å². The van der Waals surface area contributed by atoms with Crippen LogP contribution in [0.5, 0.6) is 0 Å². The first-order valence-corrected chi connectivity index (χ1v) is 21.0. The normalized spacial score (nSPS) is 12.3. The van der Waals surface area contributed by atoms with E-state index >= 15 is 0 Å². The van der Waals surface area contributed by atoms with Crippen molar-refractivity contribution in [2.24, 2.45) is 0 Å². The van der Waals surface area contributed by atoms with Crippen molar-refractivity contribution in [3.63, 3.8) is 0 Å². The highest BCUT2D eigenvalue weighted by Crippen LogP contribution is 2.13. The van der Waals surface area contributed by atoms with Gasteiger partial charge in [-0.2, -0.15) is 0 Å². The number of carbonyl (C=O) groups is 3. The average Bonchev–Trinajstić information content (AvgIpc) is 3.11. The number of rotatable bonds is 37. The molecule has 50 heavy (non-hydrogen) atoms. The van der Waals surface area contributed by atoms with E-state index in [-0.39, 0.29) is 31.1 Å². The molecule has 0 amide bonds. The molecule has 6 heteroatoms. The van der Waals surface area contributed by atoms with Crippen molar-refractivity contribution in [3.05, 3.63) is 36.5 Å². The number of ether oxygens (including phenoxy) is 3. The minimum atomic E-state index is -0.789. The molecule has 1 unspecified atom stereocenters. The van der Waals surface area contributed by atoms with E-state index in [0.717, 1.165) is 64.2 Å². The van der Waals surface area contributed by atoms with Gasteiger partial charge < -0.3 is 14.2 Å². The Bertz CT molecular complexity index is 861. The molecule has 0 saturated heterocycles. The van der Waals surface area contributed by atoms with Crippen LogP contribution >= 0.6 is 0 Å². The van der Waals surface area contributed by atoms with Gasteiger partial charge in [0.2, 0.25) is 0 Å². The minimum Gasteiger partial charge on any atom is -0.462 e. The van der Waals surface area contributed by atoms with E-state index in [1.54, 1.807) is 0 Å². The first kappa shape index (κ1) is 47.6. The molecule has 0 aromatic heterocycles. The molecule has 0 radical (unpaired) electrons. The van der Waals surface area contributed by atoms with Crippen LogP contribution in [0.15, 0.2) is 36.5 Å². The molecule has 290 valence electrons. The van der Waals surface area contributed by atoms with Crippen molar-refractivity contribution >= 4 is 17.9 Å². The molecule has 0 saturated carbocycles. The first-order valence-electron chi connectivity index (χ1n) is 21.0. The third-order valence-electron chi connectivity index (χ3n) is 8.90. The number of allylic oxidation sites excluding steroid dienone is 6. The Morgan fingerprint density at radius 2 is 0.760 bits per heavy atom. The second kappa shape index (κ2) is 39.4. The maximum absolute atomic E-state index is 12.6. The molecule has 0 spiro atoms. The molecule has 0 bridgehead atoms. The van der Waals surface area contributed by atoms with Gasteiger partial charge in [-0.3, -0.25) is 14.4 Å². The Morgan fingerprint density at radius 3 is 1.28 bits per heavy atom. The fourth-order valence-electron chi connectivity index (χ4n) is 5.66. The average molecular weight is 703 g/mol. The summed E-state index contributed by atoms with van der Waals surface area (Å²) in [5.74, 6) is -0.959. The molecule has 1 atom stereocenters. The zero-order valence-corrected chi connectivity index (χ0v) is 32.9. The topological polar surface area (TPSA) is 78.9 Å². The fraction of sp³-hybridized carbons (Fsp3) is 0.795. The Labute approximate surface area is 308 Å². The first-order chi connectivity index (χ1) is 24.5. The Kier molecular flexibility index (Phi) is 37.5. The molecular formula is C44H78O6. The lowest BCUT2D eigenvalue weighted by Crippen LogP contribution is -2.30. The summed E-state index contributed by atoms with van der Waals surface area (Å²) in [5, 5.41) is 0. The summed E-state index contributed by atoms with van der Waals surface area (Å²) in [4.78, 5) is 37.5. The third kappa shape index (κ3) is 36.9. The number of esters is 3. The largest absolute Gasteiger partial charge is 0.462 e. The summed E-state index contributed by atoms with van der Waals surface area (Å²) < 4.78 is 16.6. The SMILES string of the molecule is CCCC/C=C\C=C/CCCCCC(=O)OC(COC(=O)CCC/C=C\CCCCCC)COC(=O)CCCCCCCCCCCCCC. The van der Waals surface area contributed by atoms with Crippen LogP contribution in [0.2, 0.25) is 0 Å². The zero-order chi connectivity index (χ0) is 36.6. The smallest absolute Gasteiger partial charge is 0.306 e. The van der Waals surface area contributed by atoms with E-state index in [0.29, 0.717) is 25.7 Å². The summed E-state index contributed by atoms with van der Waals surface area (Å²) in [6.45, 7) is 6.48. The maximum atomic E-state index is 12.6. The number of hydrogen-bond donors (Lipinski definition) is 0. The van der Waals surface area contributed by atoms with E-state index in [1.807, 2.05) is 0 Å². The van der Waals surface area contributed by atoms with Gasteiger partial charge in [0, 0.05) is 19.3 Å². The van der Waals surface area contributed by atoms with Crippen LogP contribution in [0.25, 0.3) is 0 Å². The van der Waals surface area contributed by atoms with Gasteiger partial charge in [0.1, 0.15) is 13.2 Å². The number of unbranched alkanes of at least 4 members (excludes halogenated alkanes) is 21. The molecule has 0 aliphatic carbocycles. The van der Waals surface area contributed by atoms with Gasteiger partial charge in [0.05, 0.1) is 0 Å². The molecule has 0 aromatic rings. The minimum absolute atomic E-state index is 0.0898. The summed E-state index contributed by atoms with van der Waals surface area (Å²) in [7, 11) is 0. The van der Waals surface area contributed by atoms with Gasteiger partial charge in [-0.25, -0.2) is 0 Å². The molecule has 0 aliphatic heterocycles. The van der Waals surface area contributed by atoms with Gasteiger partial charge in [-0.15, -0.1) is 0 Å². The Morgan fingerprint density at radius 1 is 0.400 bits per heavy atom. The highest BCUT2D eigenvalue weighted by Gasteiger charge is 2.19. The summed E-state index contributed by atoms with van der Waals surface area (Å²) >= 11 is 0. The lowest BCUT2D eigenvalue weighted by atomic mass is 10.0.